The predicted octanol–water partition coefficient (Wildman–Crippen LogP) is 3.64. The highest BCUT2D eigenvalue weighted by Gasteiger charge is 2.20. The third-order valence-electron chi connectivity index (χ3n) is 2.62. The van der Waals surface area contributed by atoms with E-state index in [1.807, 2.05) is 46.8 Å². The monoisotopic (exact) mass is 294 g/mol. The Balaban J connectivity index is 0.00000191. The SMILES string of the molecule is CC.Cc1ccc(NC(=O)NC(CC(C)C)C(=O)O)cc1. The topological polar surface area (TPSA) is 78.4 Å². The Bertz CT molecular complexity index is 441. The molecule has 0 radical (unpaired) electrons. The molecular formula is C16H26N2O3. The predicted molar refractivity (Wildman–Crippen MR) is 85.6 cm³/mol. The van der Waals surface area contributed by atoms with Gasteiger partial charge in [0.15, 0.2) is 0 Å². The first-order valence-corrected chi connectivity index (χ1v) is 7.25. The molecule has 0 aliphatic rings. The van der Waals surface area contributed by atoms with Crippen LogP contribution in [0.5, 0.6) is 0 Å². The van der Waals surface area contributed by atoms with Crippen molar-refractivity contribution < 1.29 is 14.7 Å². The second-order valence-electron chi connectivity index (χ2n) is 4.98. The van der Waals surface area contributed by atoms with Crippen LogP contribution in [-0.2, 0) is 4.79 Å². The average molecular weight is 294 g/mol. The Labute approximate surface area is 126 Å². The number of amides is 2. The molecule has 0 saturated heterocycles. The van der Waals surface area contributed by atoms with E-state index < -0.39 is 18.0 Å². The zero-order valence-corrected chi connectivity index (χ0v) is 13.4. The summed E-state index contributed by atoms with van der Waals surface area (Å²) in [6.07, 6.45) is 0.399. The maximum absolute atomic E-state index is 11.7. The quantitative estimate of drug-likeness (QED) is 0.775. The molecule has 0 spiro atoms. The number of carbonyl (C=O) groups is 2. The summed E-state index contributed by atoms with van der Waals surface area (Å²) < 4.78 is 0. The lowest BCUT2D eigenvalue weighted by molar-refractivity contribution is -0.139. The highest BCUT2D eigenvalue weighted by molar-refractivity contribution is 5.92. The second-order valence-corrected chi connectivity index (χ2v) is 4.98. The molecule has 1 aromatic carbocycles. The standard InChI is InChI=1S/C14H20N2O3.C2H6/c1-9(2)8-12(13(17)18)16-14(19)15-11-6-4-10(3)5-7-11;1-2/h4-7,9,12H,8H2,1-3H3,(H,17,18)(H2,15,16,19);1-2H3. The molecule has 118 valence electrons. The number of urea groups is 1. The fourth-order valence-electron chi connectivity index (χ4n) is 1.66. The van der Waals surface area contributed by atoms with Crippen molar-refractivity contribution in [2.45, 2.75) is 47.1 Å². The molecule has 0 heterocycles. The molecule has 1 unspecified atom stereocenters. The molecule has 3 N–H and O–H groups in total. The summed E-state index contributed by atoms with van der Waals surface area (Å²) in [6.45, 7) is 9.78. The van der Waals surface area contributed by atoms with Crippen molar-refractivity contribution in [3.63, 3.8) is 0 Å². The number of aliphatic carboxylic acids is 1. The third-order valence-corrected chi connectivity index (χ3v) is 2.62. The van der Waals surface area contributed by atoms with Crippen molar-refractivity contribution in [2.75, 3.05) is 5.32 Å². The first-order chi connectivity index (χ1) is 9.88. The van der Waals surface area contributed by atoms with E-state index in [0.717, 1.165) is 5.56 Å². The Morgan fingerprint density at radius 3 is 2.10 bits per heavy atom. The van der Waals surface area contributed by atoms with E-state index in [9.17, 15) is 9.59 Å². The summed E-state index contributed by atoms with van der Waals surface area (Å²) in [6, 6.07) is 5.92. The third kappa shape index (κ3) is 7.97. The molecule has 0 fully saturated rings. The molecule has 1 rings (SSSR count). The van der Waals surface area contributed by atoms with Crippen LogP contribution in [0.3, 0.4) is 0 Å². The molecule has 2 amide bonds. The maximum Gasteiger partial charge on any atom is 0.326 e. The van der Waals surface area contributed by atoms with Gasteiger partial charge in [0.2, 0.25) is 0 Å². The summed E-state index contributed by atoms with van der Waals surface area (Å²) in [5, 5.41) is 14.1. The number of anilines is 1. The largest absolute Gasteiger partial charge is 0.480 e. The van der Waals surface area contributed by atoms with Crippen LogP contribution in [0.4, 0.5) is 10.5 Å². The van der Waals surface area contributed by atoms with Gasteiger partial charge in [0.05, 0.1) is 0 Å². The smallest absolute Gasteiger partial charge is 0.326 e. The summed E-state index contributed by atoms with van der Waals surface area (Å²) in [5.41, 5.74) is 1.73. The van der Waals surface area contributed by atoms with Crippen LogP contribution < -0.4 is 10.6 Å². The minimum absolute atomic E-state index is 0.195. The van der Waals surface area contributed by atoms with Gasteiger partial charge in [-0.2, -0.15) is 0 Å². The van der Waals surface area contributed by atoms with Crippen molar-refractivity contribution >= 4 is 17.7 Å². The van der Waals surface area contributed by atoms with E-state index in [1.165, 1.54) is 0 Å². The number of carboxylic acids is 1. The van der Waals surface area contributed by atoms with E-state index in [1.54, 1.807) is 12.1 Å². The van der Waals surface area contributed by atoms with Gasteiger partial charge in [0.25, 0.3) is 0 Å². The van der Waals surface area contributed by atoms with E-state index >= 15 is 0 Å². The summed E-state index contributed by atoms with van der Waals surface area (Å²) in [7, 11) is 0. The lowest BCUT2D eigenvalue weighted by atomic mass is 10.0. The minimum atomic E-state index is -1.02. The molecule has 1 aromatic rings. The molecule has 0 bridgehead atoms. The van der Waals surface area contributed by atoms with E-state index in [2.05, 4.69) is 10.6 Å². The lowest BCUT2D eigenvalue weighted by Gasteiger charge is -2.17. The second kappa shape index (κ2) is 9.80. The first-order valence-electron chi connectivity index (χ1n) is 7.25. The molecule has 21 heavy (non-hydrogen) atoms. The molecule has 0 aliphatic heterocycles. The van der Waals surface area contributed by atoms with Crippen molar-refractivity contribution in [3.05, 3.63) is 29.8 Å². The summed E-state index contributed by atoms with van der Waals surface area (Å²) >= 11 is 0. The van der Waals surface area contributed by atoms with Gasteiger partial charge in [0, 0.05) is 5.69 Å². The maximum atomic E-state index is 11.7. The van der Waals surface area contributed by atoms with Crippen molar-refractivity contribution in [1.29, 1.82) is 0 Å². The molecule has 0 saturated carbocycles. The van der Waals surface area contributed by atoms with Gasteiger partial charge in [0.1, 0.15) is 6.04 Å². The Hall–Kier alpha value is -2.04. The normalized spacial score (nSPS) is 11.1. The van der Waals surface area contributed by atoms with E-state index in [-0.39, 0.29) is 5.92 Å². The number of rotatable bonds is 5. The minimum Gasteiger partial charge on any atom is -0.480 e. The van der Waals surface area contributed by atoms with E-state index in [0.29, 0.717) is 12.1 Å². The van der Waals surface area contributed by atoms with Gasteiger partial charge in [-0.3, -0.25) is 0 Å². The van der Waals surface area contributed by atoms with Gasteiger partial charge < -0.3 is 15.7 Å². The van der Waals surface area contributed by atoms with Crippen LogP contribution in [0.15, 0.2) is 24.3 Å². The Kier molecular flexibility index (Phi) is 8.85. The van der Waals surface area contributed by atoms with Crippen LogP contribution in [0, 0.1) is 12.8 Å². The molecule has 0 aromatic heterocycles. The number of aryl methyl sites for hydroxylation is 1. The van der Waals surface area contributed by atoms with E-state index in [4.69, 9.17) is 5.11 Å². The van der Waals surface area contributed by atoms with Crippen molar-refractivity contribution in [2.24, 2.45) is 5.92 Å². The zero-order chi connectivity index (χ0) is 16.4. The van der Waals surface area contributed by atoms with Crippen LogP contribution in [0.25, 0.3) is 0 Å². The zero-order valence-electron chi connectivity index (χ0n) is 13.4. The number of benzene rings is 1. The van der Waals surface area contributed by atoms with Crippen LogP contribution in [0.2, 0.25) is 0 Å². The number of hydrogen-bond acceptors (Lipinski definition) is 2. The Morgan fingerprint density at radius 1 is 1.14 bits per heavy atom. The lowest BCUT2D eigenvalue weighted by Crippen LogP contribution is -2.43. The number of nitrogens with one attached hydrogen (secondary N) is 2. The first kappa shape index (κ1) is 19.0. The van der Waals surface area contributed by atoms with Gasteiger partial charge in [-0.1, -0.05) is 45.4 Å². The molecule has 5 heteroatoms. The number of carboxylic acid groups (broad SMARTS) is 1. The molecular weight excluding hydrogens is 268 g/mol. The number of hydrogen-bond donors (Lipinski definition) is 3. The van der Waals surface area contributed by atoms with Crippen molar-refractivity contribution in [1.82, 2.24) is 5.32 Å². The molecule has 0 aliphatic carbocycles. The van der Waals surface area contributed by atoms with Gasteiger partial charge in [-0.15, -0.1) is 0 Å². The van der Waals surface area contributed by atoms with Crippen LogP contribution >= 0.6 is 0 Å². The summed E-state index contributed by atoms with van der Waals surface area (Å²) in [5.74, 6) is -0.825. The highest BCUT2D eigenvalue weighted by Crippen LogP contribution is 2.09. The summed E-state index contributed by atoms with van der Waals surface area (Å²) in [4.78, 5) is 22.7. The molecule has 1 atom stereocenters. The highest BCUT2D eigenvalue weighted by atomic mass is 16.4. The van der Waals surface area contributed by atoms with Crippen molar-refractivity contribution in [3.8, 4) is 0 Å². The van der Waals surface area contributed by atoms with Gasteiger partial charge in [-0.25, -0.2) is 9.59 Å². The average Bonchev–Trinajstić information content (AvgIpc) is 2.42. The fraction of sp³-hybridized carbons (Fsp3) is 0.500. The fourth-order valence-corrected chi connectivity index (χ4v) is 1.66. The Morgan fingerprint density at radius 2 is 1.67 bits per heavy atom. The van der Waals surface area contributed by atoms with Crippen LogP contribution in [-0.4, -0.2) is 23.1 Å². The van der Waals surface area contributed by atoms with Gasteiger partial charge in [-0.05, 0) is 31.4 Å². The van der Waals surface area contributed by atoms with Gasteiger partial charge >= 0.3 is 12.0 Å². The number of carbonyl (C=O) groups excluding carboxylic acids is 1. The molecule has 5 nitrogen and oxygen atoms in total. The van der Waals surface area contributed by atoms with Crippen LogP contribution in [0.1, 0.15) is 39.7 Å².